The summed E-state index contributed by atoms with van der Waals surface area (Å²) in [6.45, 7) is 4.31. The zero-order chi connectivity index (χ0) is 24.0. The van der Waals surface area contributed by atoms with E-state index in [-0.39, 0.29) is 36.7 Å². The Kier molecular flexibility index (Phi) is 5.87. The van der Waals surface area contributed by atoms with E-state index in [2.05, 4.69) is 0 Å². The first kappa shape index (κ1) is 22.6. The van der Waals surface area contributed by atoms with Crippen LogP contribution < -0.4 is 0 Å². The lowest BCUT2D eigenvalue weighted by Gasteiger charge is -2.19. The fourth-order valence-electron chi connectivity index (χ4n) is 4.49. The Hall–Kier alpha value is -3.23. The number of carbonyl (C=O) groups excluding carboxylic acids is 4. The molecule has 0 unspecified atom stereocenters. The van der Waals surface area contributed by atoms with Crippen LogP contribution >= 0.6 is 23.1 Å². The molecule has 0 spiro atoms. The van der Waals surface area contributed by atoms with E-state index in [4.69, 9.17) is 0 Å². The average molecular weight is 491 g/mol. The number of nitrogens with zero attached hydrogens (tertiary/aromatic N) is 2. The van der Waals surface area contributed by atoms with E-state index in [1.165, 1.54) is 9.80 Å². The van der Waals surface area contributed by atoms with Crippen molar-refractivity contribution in [3.05, 3.63) is 86.8 Å². The molecule has 2 aromatic carbocycles. The van der Waals surface area contributed by atoms with Crippen LogP contribution in [0.15, 0.2) is 52.7 Å². The average Bonchev–Trinajstić information content (AvgIpc) is 3.40. The molecule has 1 aromatic heterocycles. The van der Waals surface area contributed by atoms with Gasteiger partial charge in [0.15, 0.2) is 0 Å². The van der Waals surface area contributed by atoms with Gasteiger partial charge in [0.25, 0.3) is 23.6 Å². The summed E-state index contributed by atoms with van der Waals surface area (Å²) in [5.41, 5.74) is 3.33. The van der Waals surface area contributed by atoms with Gasteiger partial charge in [0.05, 0.1) is 39.6 Å². The highest BCUT2D eigenvalue weighted by molar-refractivity contribution is 8.01. The molecule has 0 aliphatic carbocycles. The number of rotatable bonds is 7. The molecule has 2 aliphatic heterocycles. The molecule has 172 valence electrons. The minimum atomic E-state index is -0.316. The van der Waals surface area contributed by atoms with Gasteiger partial charge in [-0.05, 0) is 42.0 Å². The smallest absolute Gasteiger partial charge is 0.261 e. The van der Waals surface area contributed by atoms with Crippen molar-refractivity contribution in [1.29, 1.82) is 0 Å². The van der Waals surface area contributed by atoms with Gasteiger partial charge in [0, 0.05) is 10.4 Å². The minimum Gasteiger partial charge on any atom is -0.270 e. The largest absolute Gasteiger partial charge is 0.270 e. The SMILES string of the molecule is CCSc1sc(CC)c(CN2C(=O)c3ccccc3C2=O)c1CN1C(=O)c2ccccc2C1=O. The number of thioether (sulfide) groups is 1. The molecule has 0 saturated carbocycles. The first-order valence-electron chi connectivity index (χ1n) is 11.1. The number of fused-ring (bicyclic) bond motifs is 2. The molecule has 8 heteroatoms. The molecule has 0 fully saturated rings. The number of amides is 4. The summed E-state index contributed by atoms with van der Waals surface area (Å²) in [6.07, 6.45) is 0.725. The summed E-state index contributed by atoms with van der Waals surface area (Å²) in [4.78, 5) is 55.8. The highest BCUT2D eigenvalue weighted by atomic mass is 32.2. The van der Waals surface area contributed by atoms with Crippen molar-refractivity contribution in [1.82, 2.24) is 9.80 Å². The maximum Gasteiger partial charge on any atom is 0.261 e. The van der Waals surface area contributed by atoms with Gasteiger partial charge < -0.3 is 0 Å². The summed E-state index contributed by atoms with van der Waals surface area (Å²) < 4.78 is 1.02. The zero-order valence-corrected chi connectivity index (χ0v) is 20.4. The van der Waals surface area contributed by atoms with Crippen LogP contribution in [0, 0.1) is 0 Å². The van der Waals surface area contributed by atoms with Gasteiger partial charge in [0.2, 0.25) is 0 Å². The lowest BCUT2D eigenvalue weighted by Crippen LogP contribution is -2.32. The third kappa shape index (κ3) is 3.49. The van der Waals surface area contributed by atoms with Gasteiger partial charge in [-0.25, -0.2) is 0 Å². The number of imide groups is 2. The maximum atomic E-state index is 13.0. The highest BCUT2D eigenvalue weighted by Crippen LogP contribution is 2.40. The molecule has 3 heterocycles. The summed E-state index contributed by atoms with van der Waals surface area (Å²) in [5, 5.41) is 0. The minimum absolute atomic E-state index is 0.115. The predicted molar refractivity (Wildman–Crippen MR) is 131 cm³/mol. The molecule has 2 aliphatic rings. The number of hydrogen-bond donors (Lipinski definition) is 0. The second kappa shape index (κ2) is 8.85. The van der Waals surface area contributed by atoms with Gasteiger partial charge in [-0.3, -0.25) is 29.0 Å². The van der Waals surface area contributed by atoms with Crippen LogP contribution in [0.2, 0.25) is 0 Å². The fourth-order valence-corrected chi connectivity index (χ4v) is 6.99. The van der Waals surface area contributed by atoms with E-state index >= 15 is 0 Å². The third-order valence-electron chi connectivity index (χ3n) is 6.15. The molecule has 0 atom stereocenters. The van der Waals surface area contributed by atoms with Crippen molar-refractivity contribution in [2.24, 2.45) is 0 Å². The second-order valence-electron chi connectivity index (χ2n) is 8.04. The first-order valence-corrected chi connectivity index (χ1v) is 12.9. The van der Waals surface area contributed by atoms with Crippen molar-refractivity contribution in [2.45, 2.75) is 37.6 Å². The molecule has 4 amide bonds. The van der Waals surface area contributed by atoms with Crippen LogP contribution in [0.1, 0.15) is 71.3 Å². The molecule has 0 radical (unpaired) electrons. The Morgan fingerprint density at radius 2 is 1.09 bits per heavy atom. The maximum absolute atomic E-state index is 13.0. The van der Waals surface area contributed by atoms with Crippen LogP contribution in [0.4, 0.5) is 0 Å². The molecule has 0 saturated heterocycles. The third-order valence-corrected chi connectivity index (χ3v) is 8.76. The Morgan fingerprint density at radius 3 is 1.47 bits per heavy atom. The Morgan fingerprint density at radius 1 is 0.676 bits per heavy atom. The quantitative estimate of drug-likeness (QED) is 0.344. The molecule has 6 nitrogen and oxygen atoms in total. The molecule has 0 N–H and O–H groups in total. The van der Waals surface area contributed by atoms with Gasteiger partial charge in [0.1, 0.15) is 0 Å². The number of benzene rings is 2. The molecule has 34 heavy (non-hydrogen) atoms. The number of hydrogen-bond acceptors (Lipinski definition) is 6. The van der Waals surface area contributed by atoms with E-state index < -0.39 is 0 Å². The Labute approximate surface area is 205 Å². The molecule has 3 aromatic rings. The summed E-state index contributed by atoms with van der Waals surface area (Å²) in [6, 6.07) is 13.7. The van der Waals surface area contributed by atoms with Crippen molar-refractivity contribution in [3.63, 3.8) is 0 Å². The van der Waals surface area contributed by atoms with Gasteiger partial charge in [-0.15, -0.1) is 23.1 Å². The molecular formula is C26H22N2O4S2. The van der Waals surface area contributed by atoms with E-state index in [1.807, 2.05) is 13.8 Å². The van der Waals surface area contributed by atoms with Crippen molar-refractivity contribution >= 4 is 46.7 Å². The van der Waals surface area contributed by atoms with E-state index in [0.29, 0.717) is 22.3 Å². The molecule has 5 rings (SSSR count). The van der Waals surface area contributed by atoms with Crippen LogP contribution in [0.25, 0.3) is 0 Å². The summed E-state index contributed by atoms with van der Waals surface area (Å²) in [7, 11) is 0. The van der Waals surface area contributed by atoms with Crippen molar-refractivity contribution in [3.8, 4) is 0 Å². The van der Waals surface area contributed by atoms with E-state index in [9.17, 15) is 19.2 Å². The Bertz CT molecular complexity index is 1290. The zero-order valence-electron chi connectivity index (χ0n) is 18.8. The monoisotopic (exact) mass is 490 g/mol. The van der Waals surface area contributed by atoms with Gasteiger partial charge in [-0.2, -0.15) is 0 Å². The van der Waals surface area contributed by atoms with Gasteiger partial charge >= 0.3 is 0 Å². The predicted octanol–water partition coefficient (Wildman–Crippen LogP) is 5.01. The standard InChI is InChI=1S/C26H22N2O4S2/c1-3-21-19(13-27-22(29)15-9-5-6-10-16(15)23(27)30)20(26(34-21)33-4-2)14-28-24(31)17-11-7-8-12-18(17)25(28)32/h5-12H,3-4,13-14H2,1-2H3. The van der Waals surface area contributed by atoms with Crippen LogP contribution in [-0.4, -0.2) is 39.2 Å². The first-order chi connectivity index (χ1) is 16.5. The van der Waals surface area contributed by atoms with Crippen LogP contribution in [0.5, 0.6) is 0 Å². The topological polar surface area (TPSA) is 74.8 Å². The molecule has 0 bridgehead atoms. The Balaban J connectivity index is 1.53. The summed E-state index contributed by atoms with van der Waals surface area (Å²) in [5.74, 6) is -0.436. The van der Waals surface area contributed by atoms with Gasteiger partial charge in [-0.1, -0.05) is 38.1 Å². The second-order valence-corrected chi connectivity index (χ2v) is 10.7. The lowest BCUT2D eigenvalue weighted by molar-refractivity contribution is 0.0616. The van der Waals surface area contributed by atoms with E-state index in [1.54, 1.807) is 71.6 Å². The lowest BCUT2D eigenvalue weighted by atomic mass is 10.1. The number of aryl methyl sites for hydroxylation is 1. The van der Waals surface area contributed by atoms with E-state index in [0.717, 1.165) is 32.4 Å². The van der Waals surface area contributed by atoms with Crippen molar-refractivity contribution in [2.75, 3.05) is 5.75 Å². The van der Waals surface area contributed by atoms with Crippen molar-refractivity contribution < 1.29 is 19.2 Å². The number of thiophene rings is 1. The summed E-state index contributed by atoms with van der Waals surface area (Å²) >= 11 is 3.26. The highest BCUT2D eigenvalue weighted by Gasteiger charge is 2.39. The normalized spacial score (nSPS) is 14.9. The fraction of sp³-hybridized carbons (Fsp3) is 0.231. The van der Waals surface area contributed by atoms with Crippen LogP contribution in [0.3, 0.4) is 0 Å². The number of carbonyl (C=O) groups is 4. The molecular weight excluding hydrogens is 468 g/mol. The van der Waals surface area contributed by atoms with Crippen LogP contribution in [-0.2, 0) is 19.5 Å².